The molecule has 0 fully saturated rings. The molecule has 2 aromatic carbocycles. The van der Waals surface area contributed by atoms with Crippen molar-refractivity contribution >= 4 is 22.7 Å². The zero-order valence-electron chi connectivity index (χ0n) is 14.7. The van der Waals surface area contributed by atoms with Gasteiger partial charge in [0.05, 0.1) is 0 Å². The Hall–Kier alpha value is -3.41. The van der Waals surface area contributed by atoms with Crippen molar-refractivity contribution in [2.75, 3.05) is 5.32 Å². The summed E-state index contributed by atoms with van der Waals surface area (Å²) in [4.78, 5) is 12.7. The molecular formula is C20H17N3O3. The predicted molar refractivity (Wildman–Crippen MR) is 98.1 cm³/mol. The molecule has 1 amide bonds. The second-order valence-electron chi connectivity index (χ2n) is 6.27. The standard InChI is InChI=1S/C20H17N3O3/c1-11-8-9-14(10-12(11)2)17-19(23-26-22-17)21-20(24)18-13(3)15-6-4-5-7-16(15)25-18/h4-10H,1-3H3,(H,21,23,24). The Balaban J connectivity index is 1.67. The van der Waals surface area contributed by atoms with Crippen molar-refractivity contribution in [3.63, 3.8) is 0 Å². The number of para-hydroxylation sites is 1. The van der Waals surface area contributed by atoms with Crippen LogP contribution in [0.15, 0.2) is 51.5 Å². The third-order valence-electron chi connectivity index (χ3n) is 4.55. The van der Waals surface area contributed by atoms with Crippen molar-refractivity contribution in [3.8, 4) is 11.3 Å². The minimum atomic E-state index is -0.389. The second kappa shape index (κ2) is 6.15. The summed E-state index contributed by atoms with van der Waals surface area (Å²) < 4.78 is 10.5. The number of anilines is 1. The Morgan fingerprint density at radius 1 is 1.00 bits per heavy atom. The number of rotatable bonds is 3. The minimum absolute atomic E-state index is 0.250. The van der Waals surface area contributed by atoms with E-state index in [4.69, 9.17) is 9.05 Å². The van der Waals surface area contributed by atoms with Crippen molar-refractivity contribution < 1.29 is 13.8 Å². The summed E-state index contributed by atoms with van der Waals surface area (Å²) in [5, 5.41) is 11.4. The van der Waals surface area contributed by atoms with Crippen molar-refractivity contribution in [1.82, 2.24) is 10.3 Å². The highest BCUT2D eigenvalue weighted by Gasteiger charge is 2.21. The number of carbonyl (C=O) groups is 1. The number of benzene rings is 2. The van der Waals surface area contributed by atoms with E-state index in [-0.39, 0.29) is 17.5 Å². The second-order valence-corrected chi connectivity index (χ2v) is 6.27. The molecular weight excluding hydrogens is 330 g/mol. The van der Waals surface area contributed by atoms with Gasteiger partial charge in [-0.15, -0.1) is 0 Å². The number of hydrogen-bond donors (Lipinski definition) is 1. The van der Waals surface area contributed by atoms with E-state index in [1.807, 2.05) is 63.2 Å². The zero-order chi connectivity index (χ0) is 18.3. The van der Waals surface area contributed by atoms with Crippen LogP contribution in [0.2, 0.25) is 0 Å². The van der Waals surface area contributed by atoms with Crippen LogP contribution in [0.4, 0.5) is 5.82 Å². The minimum Gasteiger partial charge on any atom is -0.451 e. The van der Waals surface area contributed by atoms with Gasteiger partial charge in [0.15, 0.2) is 11.5 Å². The lowest BCUT2D eigenvalue weighted by Gasteiger charge is -2.04. The summed E-state index contributed by atoms with van der Waals surface area (Å²) in [5.41, 5.74) is 5.05. The van der Waals surface area contributed by atoms with Crippen molar-refractivity contribution in [1.29, 1.82) is 0 Å². The summed E-state index contributed by atoms with van der Waals surface area (Å²) in [5.74, 6) is 0.123. The van der Waals surface area contributed by atoms with E-state index in [1.54, 1.807) is 0 Å². The largest absolute Gasteiger partial charge is 0.451 e. The van der Waals surface area contributed by atoms with Crippen molar-refractivity contribution in [2.45, 2.75) is 20.8 Å². The smallest absolute Gasteiger partial charge is 0.292 e. The third-order valence-corrected chi connectivity index (χ3v) is 4.55. The van der Waals surface area contributed by atoms with E-state index < -0.39 is 0 Å². The molecule has 0 atom stereocenters. The monoisotopic (exact) mass is 347 g/mol. The van der Waals surface area contributed by atoms with Crippen molar-refractivity contribution in [3.05, 3.63) is 64.9 Å². The van der Waals surface area contributed by atoms with Crippen LogP contribution in [0.3, 0.4) is 0 Å². The molecule has 1 N–H and O–H groups in total. The Morgan fingerprint density at radius 3 is 2.58 bits per heavy atom. The number of nitrogens with one attached hydrogen (secondary N) is 1. The Labute approximate surface area is 149 Å². The van der Waals surface area contributed by atoms with E-state index >= 15 is 0 Å². The third kappa shape index (κ3) is 2.65. The number of aryl methyl sites for hydroxylation is 3. The lowest BCUT2D eigenvalue weighted by Crippen LogP contribution is -2.13. The Bertz CT molecular complexity index is 1120. The normalized spacial score (nSPS) is 11.0. The summed E-state index contributed by atoms with van der Waals surface area (Å²) in [7, 11) is 0. The molecule has 26 heavy (non-hydrogen) atoms. The number of aromatic nitrogens is 2. The first-order chi connectivity index (χ1) is 12.5. The number of hydrogen-bond acceptors (Lipinski definition) is 5. The molecule has 0 bridgehead atoms. The first kappa shape index (κ1) is 16.1. The highest BCUT2D eigenvalue weighted by molar-refractivity contribution is 6.07. The molecule has 0 saturated carbocycles. The maximum Gasteiger partial charge on any atom is 0.292 e. The molecule has 0 unspecified atom stereocenters. The number of nitrogens with zero attached hydrogens (tertiary/aromatic N) is 2. The van der Waals surface area contributed by atoms with Gasteiger partial charge in [0, 0.05) is 16.5 Å². The van der Waals surface area contributed by atoms with Gasteiger partial charge in [0.1, 0.15) is 5.58 Å². The lowest BCUT2D eigenvalue weighted by atomic mass is 10.0. The van der Waals surface area contributed by atoms with Crippen LogP contribution in [0.25, 0.3) is 22.2 Å². The molecule has 6 heteroatoms. The van der Waals surface area contributed by atoms with Gasteiger partial charge in [-0.3, -0.25) is 10.1 Å². The van der Waals surface area contributed by atoms with Crippen LogP contribution in [0.1, 0.15) is 27.2 Å². The van der Waals surface area contributed by atoms with E-state index in [2.05, 4.69) is 15.6 Å². The molecule has 4 rings (SSSR count). The van der Waals surface area contributed by atoms with Gasteiger partial charge in [-0.05, 0) is 54.3 Å². The number of carbonyl (C=O) groups excluding carboxylic acids is 1. The molecule has 0 aliphatic rings. The van der Waals surface area contributed by atoms with E-state index in [0.717, 1.165) is 22.1 Å². The lowest BCUT2D eigenvalue weighted by molar-refractivity contribution is 0.0997. The fourth-order valence-corrected chi connectivity index (χ4v) is 2.90. The molecule has 130 valence electrons. The Kier molecular flexibility index (Phi) is 3.80. The summed E-state index contributed by atoms with van der Waals surface area (Å²) in [6.07, 6.45) is 0. The first-order valence-corrected chi connectivity index (χ1v) is 8.24. The van der Waals surface area contributed by atoms with E-state index in [0.29, 0.717) is 11.3 Å². The highest BCUT2D eigenvalue weighted by Crippen LogP contribution is 2.29. The van der Waals surface area contributed by atoms with Gasteiger partial charge in [-0.2, -0.15) is 0 Å². The summed E-state index contributed by atoms with van der Waals surface area (Å²) in [6.45, 7) is 5.90. The molecule has 0 saturated heterocycles. The summed E-state index contributed by atoms with van der Waals surface area (Å²) >= 11 is 0. The van der Waals surface area contributed by atoms with Crippen LogP contribution in [0, 0.1) is 20.8 Å². The van der Waals surface area contributed by atoms with Crippen molar-refractivity contribution in [2.24, 2.45) is 0 Å². The number of furan rings is 1. The fourth-order valence-electron chi connectivity index (χ4n) is 2.90. The first-order valence-electron chi connectivity index (χ1n) is 8.24. The van der Waals surface area contributed by atoms with Crippen LogP contribution in [-0.2, 0) is 0 Å². The molecule has 0 aliphatic heterocycles. The molecule has 6 nitrogen and oxygen atoms in total. The van der Waals surface area contributed by atoms with Crippen LogP contribution in [-0.4, -0.2) is 16.2 Å². The fraction of sp³-hybridized carbons (Fsp3) is 0.150. The molecule has 2 aromatic heterocycles. The van der Waals surface area contributed by atoms with Gasteiger partial charge in [-0.1, -0.05) is 30.3 Å². The van der Waals surface area contributed by atoms with Gasteiger partial charge < -0.3 is 4.42 Å². The highest BCUT2D eigenvalue weighted by atomic mass is 16.6. The number of amides is 1. The maximum atomic E-state index is 12.7. The number of fused-ring (bicyclic) bond motifs is 1. The molecule has 2 heterocycles. The van der Waals surface area contributed by atoms with Gasteiger partial charge in [0.2, 0.25) is 5.82 Å². The van der Waals surface area contributed by atoms with E-state index in [9.17, 15) is 4.79 Å². The van der Waals surface area contributed by atoms with Crippen LogP contribution < -0.4 is 5.32 Å². The topological polar surface area (TPSA) is 81.2 Å². The molecule has 0 aliphatic carbocycles. The molecule has 0 radical (unpaired) electrons. The maximum absolute atomic E-state index is 12.7. The Morgan fingerprint density at radius 2 is 1.81 bits per heavy atom. The molecule has 4 aromatic rings. The van der Waals surface area contributed by atoms with Crippen LogP contribution in [0.5, 0.6) is 0 Å². The average molecular weight is 347 g/mol. The molecule has 0 spiro atoms. The average Bonchev–Trinajstić information content (AvgIpc) is 3.22. The zero-order valence-corrected chi connectivity index (χ0v) is 14.7. The van der Waals surface area contributed by atoms with Gasteiger partial charge in [0.25, 0.3) is 5.91 Å². The quantitative estimate of drug-likeness (QED) is 0.583. The van der Waals surface area contributed by atoms with Gasteiger partial charge in [-0.25, -0.2) is 4.63 Å². The van der Waals surface area contributed by atoms with Gasteiger partial charge >= 0.3 is 0 Å². The van der Waals surface area contributed by atoms with Crippen LogP contribution >= 0.6 is 0 Å². The predicted octanol–water partition coefficient (Wildman–Crippen LogP) is 4.66. The van der Waals surface area contributed by atoms with E-state index in [1.165, 1.54) is 5.56 Å². The summed E-state index contributed by atoms with van der Waals surface area (Å²) in [6, 6.07) is 13.4. The SMILES string of the molecule is Cc1ccc(-c2nonc2NC(=O)c2oc3ccccc3c2C)cc1C.